The SMILES string of the molecule is Cc1csc(Cc2nccc(CBr)n2)n1. The minimum absolute atomic E-state index is 0.722. The van der Waals surface area contributed by atoms with Crippen LogP contribution in [0.4, 0.5) is 0 Å². The molecule has 0 spiro atoms. The van der Waals surface area contributed by atoms with Crippen molar-refractivity contribution in [2.45, 2.75) is 18.7 Å². The van der Waals surface area contributed by atoms with E-state index in [-0.39, 0.29) is 0 Å². The van der Waals surface area contributed by atoms with E-state index in [9.17, 15) is 0 Å². The number of thiazole rings is 1. The predicted octanol–water partition coefficient (Wildman–Crippen LogP) is 2.73. The summed E-state index contributed by atoms with van der Waals surface area (Å²) < 4.78 is 0. The third-order valence-corrected chi connectivity index (χ3v) is 3.42. The number of alkyl halides is 1. The number of hydrogen-bond donors (Lipinski definition) is 0. The van der Waals surface area contributed by atoms with Crippen LogP contribution < -0.4 is 0 Å². The number of hydrogen-bond acceptors (Lipinski definition) is 4. The van der Waals surface area contributed by atoms with Crippen molar-refractivity contribution in [2.75, 3.05) is 0 Å². The molecule has 15 heavy (non-hydrogen) atoms. The van der Waals surface area contributed by atoms with Crippen LogP contribution in [0.5, 0.6) is 0 Å². The first-order chi connectivity index (χ1) is 7.28. The summed E-state index contributed by atoms with van der Waals surface area (Å²) in [6.45, 7) is 2.00. The lowest BCUT2D eigenvalue weighted by Crippen LogP contribution is -1.98. The Kier molecular flexibility index (Phi) is 3.43. The Morgan fingerprint density at radius 2 is 2.27 bits per heavy atom. The van der Waals surface area contributed by atoms with Crippen molar-refractivity contribution in [2.24, 2.45) is 0 Å². The molecule has 0 bridgehead atoms. The number of nitrogens with zero attached hydrogens (tertiary/aromatic N) is 3. The molecule has 0 N–H and O–H groups in total. The molecule has 0 atom stereocenters. The van der Waals surface area contributed by atoms with E-state index in [0.29, 0.717) is 0 Å². The smallest absolute Gasteiger partial charge is 0.135 e. The molecule has 0 aliphatic carbocycles. The second kappa shape index (κ2) is 4.81. The molecule has 0 aliphatic rings. The van der Waals surface area contributed by atoms with Crippen LogP contribution in [0.25, 0.3) is 0 Å². The molecular formula is C10H10BrN3S. The van der Waals surface area contributed by atoms with Crippen LogP contribution in [0.15, 0.2) is 17.6 Å². The lowest BCUT2D eigenvalue weighted by molar-refractivity contribution is 0.927. The van der Waals surface area contributed by atoms with Crippen LogP contribution in [-0.2, 0) is 11.8 Å². The summed E-state index contributed by atoms with van der Waals surface area (Å²) in [6, 6.07) is 1.91. The topological polar surface area (TPSA) is 38.7 Å². The van der Waals surface area contributed by atoms with Crippen molar-refractivity contribution in [3.05, 3.63) is 39.9 Å². The molecule has 2 rings (SSSR count). The summed E-state index contributed by atoms with van der Waals surface area (Å²) in [7, 11) is 0. The summed E-state index contributed by atoms with van der Waals surface area (Å²) in [5.74, 6) is 0.835. The van der Waals surface area contributed by atoms with Gasteiger partial charge in [0.05, 0.1) is 12.1 Å². The van der Waals surface area contributed by atoms with Crippen LogP contribution in [-0.4, -0.2) is 15.0 Å². The molecule has 0 unspecified atom stereocenters. The average molecular weight is 284 g/mol. The highest BCUT2D eigenvalue weighted by Gasteiger charge is 2.03. The van der Waals surface area contributed by atoms with Crippen LogP contribution >= 0.6 is 27.3 Å². The van der Waals surface area contributed by atoms with Crippen molar-refractivity contribution in [1.29, 1.82) is 0 Å². The maximum atomic E-state index is 4.40. The maximum Gasteiger partial charge on any atom is 0.135 e. The van der Waals surface area contributed by atoms with Gasteiger partial charge in [-0.1, -0.05) is 15.9 Å². The van der Waals surface area contributed by atoms with Gasteiger partial charge in [0, 0.05) is 22.6 Å². The number of halogens is 1. The first kappa shape index (κ1) is 10.7. The molecule has 78 valence electrons. The highest BCUT2D eigenvalue weighted by Crippen LogP contribution is 2.12. The molecule has 0 aliphatic heterocycles. The lowest BCUT2D eigenvalue weighted by Gasteiger charge is -1.98. The standard InChI is InChI=1S/C10H10BrN3S/c1-7-6-15-10(13-7)4-9-12-3-2-8(5-11)14-9/h2-3,6H,4-5H2,1H3. The normalized spacial score (nSPS) is 10.5. The number of aryl methyl sites for hydroxylation is 1. The second-order valence-electron chi connectivity index (χ2n) is 3.16. The van der Waals surface area contributed by atoms with E-state index in [0.717, 1.165) is 34.0 Å². The Balaban J connectivity index is 2.16. The van der Waals surface area contributed by atoms with E-state index in [1.54, 1.807) is 17.5 Å². The van der Waals surface area contributed by atoms with Gasteiger partial charge < -0.3 is 0 Å². The van der Waals surface area contributed by atoms with Crippen molar-refractivity contribution in [3.8, 4) is 0 Å². The van der Waals surface area contributed by atoms with Gasteiger partial charge in [-0.25, -0.2) is 15.0 Å². The van der Waals surface area contributed by atoms with E-state index in [2.05, 4.69) is 30.9 Å². The zero-order valence-corrected chi connectivity index (χ0v) is 10.7. The molecule has 0 amide bonds. The summed E-state index contributed by atoms with van der Waals surface area (Å²) in [5, 5.41) is 3.88. The summed E-state index contributed by atoms with van der Waals surface area (Å²) in [4.78, 5) is 13.0. The fourth-order valence-corrected chi connectivity index (χ4v) is 2.30. The minimum Gasteiger partial charge on any atom is -0.246 e. The van der Waals surface area contributed by atoms with E-state index >= 15 is 0 Å². The highest BCUT2D eigenvalue weighted by atomic mass is 79.9. The first-order valence-electron chi connectivity index (χ1n) is 4.55. The quantitative estimate of drug-likeness (QED) is 0.813. The third-order valence-electron chi connectivity index (χ3n) is 1.88. The van der Waals surface area contributed by atoms with Gasteiger partial charge in [-0.15, -0.1) is 11.3 Å². The lowest BCUT2D eigenvalue weighted by atomic mass is 10.4. The van der Waals surface area contributed by atoms with Gasteiger partial charge in [-0.2, -0.15) is 0 Å². The summed E-state index contributed by atoms with van der Waals surface area (Å²) in [6.07, 6.45) is 2.51. The van der Waals surface area contributed by atoms with Crippen LogP contribution in [0, 0.1) is 6.92 Å². The molecule has 0 aromatic carbocycles. The Bertz CT molecular complexity index is 455. The largest absolute Gasteiger partial charge is 0.246 e. The molecule has 0 saturated heterocycles. The van der Waals surface area contributed by atoms with Gasteiger partial charge in [0.2, 0.25) is 0 Å². The minimum atomic E-state index is 0.722. The Morgan fingerprint density at radius 1 is 1.40 bits per heavy atom. The Labute approximate surface area is 101 Å². The molecule has 2 heterocycles. The zero-order valence-electron chi connectivity index (χ0n) is 8.27. The maximum absolute atomic E-state index is 4.40. The Hall–Kier alpha value is -0.810. The van der Waals surface area contributed by atoms with Crippen LogP contribution in [0.2, 0.25) is 0 Å². The van der Waals surface area contributed by atoms with E-state index in [1.807, 2.05) is 18.4 Å². The fourth-order valence-electron chi connectivity index (χ4n) is 1.22. The van der Waals surface area contributed by atoms with Gasteiger partial charge in [-0.05, 0) is 13.0 Å². The number of rotatable bonds is 3. The third kappa shape index (κ3) is 2.82. The monoisotopic (exact) mass is 283 g/mol. The average Bonchev–Trinajstić information content (AvgIpc) is 2.64. The first-order valence-corrected chi connectivity index (χ1v) is 6.56. The van der Waals surface area contributed by atoms with E-state index in [4.69, 9.17) is 0 Å². The van der Waals surface area contributed by atoms with Gasteiger partial charge in [0.15, 0.2) is 0 Å². The zero-order chi connectivity index (χ0) is 10.7. The highest BCUT2D eigenvalue weighted by molar-refractivity contribution is 9.08. The molecule has 3 nitrogen and oxygen atoms in total. The van der Waals surface area contributed by atoms with E-state index < -0.39 is 0 Å². The van der Waals surface area contributed by atoms with Crippen LogP contribution in [0.3, 0.4) is 0 Å². The Morgan fingerprint density at radius 3 is 2.93 bits per heavy atom. The van der Waals surface area contributed by atoms with Gasteiger partial charge in [0.25, 0.3) is 0 Å². The summed E-state index contributed by atoms with van der Waals surface area (Å²) >= 11 is 5.03. The molecule has 0 fully saturated rings. The van der Waals surface area contributed by atoms with Crippen molar-refractivity contribution < 1.29 is 0 Å². The molecule has 0 radical (unpaired) electrons. The van der Waals surface area contributed by atoms with Crippen molar-refractivity contribution >= 4 is 27.3 Å². The molecule has 2 aromatic rings. The molecule has 5 heteroatoms. The summed E-state index contributed by atoms with van der Waals surface area (Å²) in [5.41, 5.74) is 2.07. The second-order valence-corrected chi connectivity index (χ2v) is 4.66. The van der Waals surface area contributed by atoms with Gasteiger partial charge >= 0.3 is 0 Å². The van der Waals surface area contributed by atoms with Gasteiger partial charge in [0.1, 0.15) is 10.8 Å². The van der Waals surface area contributed by atoms with Crippen LogP contribution in [0.1, 0.15) is 22.2 Å². The molecular weight excluding hydrogens is 274 g/mol. The fraction of sp³-hybridized carbons (Fsp3) is 0.300. The van der Waals surface area contributed by atoms with E-state index in [1.165, 1.54) is 0 Å². The predicted molar refractivity (Wildman–Crippen MR) is 64.3 cm³/mol. The van der Waals surface area contributed by atoms with Crippen molar-refractivity contribution in [3.63, 3.8) is 0 Å². The molecule has 0 saturated carbocycles. The number of aromatic nitrogens is 3. The van der Waals surface area contributed by atoms with Crippen molar-refractivity contribution in [1.82, 2.24) is 15.0 Å². The van der Waals surface area contributed by atoms with Gasteiger partial charge in [-0.3, -0.25) is 0 Å². The molecule has 2 aromatic heterocycles.